The Kier molecular flexibility index (Phi) is 4.54. The summed E-state index contributed by atoms with van der Waals surface area (Å²) >= 11 is 18.0. The lowest BCUT2D eigenvalue weighted by Crippen LogP contribution is -2.31. The minimum atomic E-state index is -1.35. The molecule has 4 nitrogen and oxygen atoms in total. The van der Waals surface area contributed by atoms with E-state index in [1.165, 1.54) is 6.07 Å². The predicted molar refractivity (Wildman–Crippen MR) is 87.6 cm³/mol. The fourth-order valence-corrected chi connectivity index (χ4v) is 3.12. The molecule has 7 heteroatoms. The summed E-state index contributed by atoms with van der Waals surface area (Å²) in [5.74, 6) is -2.56. The minimum absolute atomic E-state index is 0.0518. The third-order valence-electron chi connectivity index (χ3n) is 3.58. The molecule has 1 fully saturated rings. The minimum Gasteiger partial charge on any atom is -0.478 e. The van der Waals surface area contributed by atoms with E-state index in [1.54, 1.807) is 30.3 Å². The molecule has 0 atom stereocenters. The van der Waals surface area contributed by atoms with Crippen molar-refractivity contribution in [1.82, 2.24) is 0 Å². The topological polar surface area (TPSA) is 55.8 Å². The third-order valence-corrected chi connectivity index (χ3v) is 4.64. The van der Waals surface area contributed by atoms with Crippen LogP contribution in [-0.4, -0.2) is 24.3 Å². The van der Waals surface area contributed by atoms with Crippen molar-refractivity contribution in [3.63, 3.8) is 0 Å². The van der Waals surface area contributed by atoms with Gasteiger partial charge in [0.1, 0.15) is 0 Å². The lowest BCUT2D eigenvalue weighted by molar-refractivity contribution is -0.130. The number of hydrogen-bond acceptors (Lipinski definition) is 3. The molecule has 0 unspecified atom stereocenters. The molecule has 0 aliphatic carbocycles. The van der Waals surface area contributed by atoms with Gasteiger partial charge in [0.15, 0.2) is 0 Å². The van der Waals surface area contributed by atoms with Crippen LogP contribution in [0.2, 0.25) is 15.1 Å². The standard InChI is InChI=1S/C16H11Cl3O4/c17-10-3-1-9(2-4-10)16(22-7-8-23-16)11-5-6-12(18)14(19)13(11)15(20)21/h1-6H,7-8H2,(H,20,21). The quantitative estimate of drug-likeness (QED) is 0.855. The molecule has 23 heavy (non-hydrogen) atoms. The summed E-state index contributed by atoms with van der Waals surface area (Å²) in [6, 6.07) is 9.89. The maximum Gasteiger partial charge on any atom is 0.337 e. The molecule has 0 spiro atoms. The fraction of sp³-hybridized carbons (Fsp3) is 0.188. The van der Waals surface area contributed by atoms with Crippen LogP contribution in [0.5, 0.6) is 0 Å². The average Bonchev–Trinajstić information content (AvgIpc) is 3.00. The number of hydrogen-bond donors (Lipinski definition) is 1. The highest BCUT2D eigenvalue weighted by Gasteiger charge is 2.44. The van der Waals surface area contributed by atoms with Gasteiger partial charge in [-0.15, -0.1) is 0 Å². The smallest absolute Gasteiger partial charge is 0.337 e. The Labute approximate surface area is 147 Å². The Bertz CT molecular complexity index is 753. The van der Waals surface area contributed by atoms with E-state index in [4.69, 9.17) is 44.3 Å². The molecular formula is C16H11Cl3O4. The van der Waals surface area contributed by atoms with Gasteiger partial charge in [0.25, 0.3) is 0 Å². The maximum absolute atomic E-state index is 11.7. The zero-order valence-electron chi connectivity index (χ0n) is 11.7. The summed E-state index contributed by atoms with van der Waals surface area (Å²) in [6.45, 7) is 0.643. The van der Waals surface area contributed by atoms with Crippen LogP contribution in [0.15, 0.2) is 36.4 Å². The van der Waals surface area contributed by atoms with Gasteiger partial charge in [0.05, 0.1) is 28.8 Å². The normalized spacial score (nSPS) is 16.5. The number of ether oxygens (including phenoxy) is 2. The van der Waals surface area contributed by atoms with Crippen LogP contribution >= 0.6 is 34.8 Å². The van der Waals surface area contributed by atoms with Crippen molar-refractivity contribution in [3.05, 3.63) is 68.2 Å². The number of carbonyl (C=O) groups is 1. The number of carboxylic acids is 1. The lowest BCUT2D eigenvalue weighted by Gasteiger charge is -2.30. The third kappa shape index (κ3) is 2.82. The predicted octanol–water partition coefficient (Wildman–Crippen LogP) is 4.59. The molecule has 2 aromatic carbocycles. The summed E-state index contributed by atoms with van der Waals surface area (Å²) in [7, 11) is 0. The second-order valence-corrected chi connectivity index (χ2v) is 6.13. The van der Waals surface area contributed by atoms with Gasteiger partial charge < -0.3 is 14.6 Å². The van der Waals surface area contributed by atoms with Crippen molar-refractivity contribution in [3.8, 4) is 0 Å². The highest BCUT2D eigenvalue weighted by Crippen LogP contribution is 2.43. The number of aromatic carboxylic acids is 1. The second-order valence-electron chi connectivity index (χ2n) is 4.91. The number of rotatable bonds is 3. The SMILES string of the molecule is O=C(O)c1c(C2(c3ccc(Cl)cc3)OCCO2)ccc(Cl)c1Cl. The highest BCUT2D eigenvalue weighted by molar-refractivity contribution is 6.43. The number of benzene rings is 2. The number of carboxylic acid groups (broad SMARTS) is 1. The Morgan fingerprint density at radius 3 is 2.17 bits per heavy atom. The van der Waals surface area contributed by atoms with Crippen LogP contribution in [0, 0.1) is 0 Å². The largest absolute Gasteiger partial charge is 0.478 e. The maximum atomic E-state index is 11.7. The molecule has 1 N–H and O–H groups in total. The molecule has 0 bridgehead atoms. The Hall–Kier alpha value is -1.30. The van der Waals surface area contributed by atoms with Gasteiger partial charge in [0.2, 0.25) is 5.79 Å². The molecule has 2 aromatic rings. The van der Waals surface area contributed by atoms with Crippen molar-refractivity contribution < 1.29 is 19.4 Å². The molecule has 0 saturated carbocycles. The summed E-state index contributed by atoms with van der Waals surface area (Å²) in [4.78, 5) is 11.7. The van der Waals surface area contributed by atoms with Crippen LogP contribution in [0.25, 0.3) is 0 Å². The Morgan fingerprint density at radius 2 is 1.61 bits per heavy atom. The Morgan fingerprint density at radius 1 is 1.00 bits per heavy atom. The molecule has 0 radical (unpaired) electrons. The van der Waals surface area contributed by atoms with E-state index in [0.29, 0.717) is 29.4 Å². The Balaban J connectivity index is 2.26. The van der Waals surface area contributed by atoms with Crippen LogP contribution in [0.4, 0.5) is 0 Å². The zero-order chi connectivity index (χ0) is 16.6. The van der Waals surface area contributed by atoms with Gasteiger partial charge >= 0.3 is 5.97 Å². The summed E-state index contributed by atoms with van der Waals surface area (Å²) in [6.07, 6.45) is 0. The molecule has 1 saturated heterocycles. The van der Waals surface area contributed by atoms with Crippen molar-refractivity contribution >= 4 is 40.8 Å². The van der Waals surface area contributed by atoms with Crippen LogP contribution < -0.4 is 0 Å². The molecule has 120 valence electrons. The van der Waals surface area contributed by atoms with Gasteiger partial charge in [-0.1, -0.05) is 53.0 Å². The van der Waals surface area contributed by atoms with E-state index >= 15 is 0 Å². The summed E-state index contributed by atoms with van der Waals surface area (Å²) in [5.41, 5.74) is 0.774. The number of halogens is 3. The molecule has 1 aliphatic heterocycles. The summed E-state index contributed by atoms with van der Waals surface area (Å²) in [5, 5.41) is 10.2. The van der Waals surface area contributed by atoms with Crippen LogP contribution in [-0.2, 0) is 15.3 Å². The van der Waals surface area contributed by atoms with E-state index in [-0.39, 0.29) is 15.6 Å². The molecule has 0 aromatic heterocycles. The van der Waals surface area contributed by atoms with E-state index in [2.05, 4.69) is 0 Å². The van der Waals surface area contributed by atoms with Crippen molar-refractivity contribution in [2.24, 2.45) is 0 Å². The first kappa shape index (κ1) is 16.6. The average molecular weight is 374 g/mol. The van der Waals surface area contributed by atoms with Crippen LogP contribution in [0.3, 0.4) is 0 Å². The molecule has 0 amide bonds. The lowest BCUT2D eigenvalue weighted by atomic mass is 9.93. The first-order valence-electron chi connectivity index (χ1n) is 6.71. The summed E-state index contributed by atoms with van der Waals surface area (Å²) < 4.78 is 11.6. The van der Waals surface area contributed by atoms with Gasteiger partial charge in [-0.05, 0) is 18.2 Å². The zero-order valence-corrected chi connectivity index (χ0v) is 14.0. The van der Waals surface area contributed by atoms with Gasteiger partial charge in [-0.25, -0.2) is 4.79 Å². The van der Waals surface area contributed by atoms with E-state index in [1.807, 2.05) is 0 Å². The first-order valence-corrected chi connectivity index (χ1v) is 7.85. The monoisotopic (exact) mass is 372 g/mol. The first-order chi connectivity index (χ1) is 11.0. The van der Waals surface area contributed by atoms with Crippen molar-refractivity contribution in [2.45, 2.75) is 5.79 Å². The van der Waals surface area contributed by atoms with E-state index in [0.717, 1.165) is 0 Å². The van der Waals surface area contributed by atoms with Crippen molar-refractivity contribution in [1.29, 1.82) is 0 Å². The van der Waals surface area contributed by atoms with E-state index < -0.39 is 11.8 Å². The van der Waals surface area contributed by atoms with Crippen molar-refractivity contribution in [2.75, 3.05) is 13.2 Å². The van der Waals surface area contributed by atoms with Gasteiger partial charge in [-0.2, -0.15) is 0 Å². The molecular weight excluding hydrogens is 363 g/mol. The molecule has 3 rings (SSSR count). The molecule has 1 heterocycles. The highest BCUT2D eigenvalue weighted by atomic mass is 35.5. The van der Waals surface area contributed by atoms with E-state index in [9.17, 15) is 9.90 Å². The van der Waals surface area contributed by atoms with Crippen LogP contribution in [0.1, 0.15) is 21.5 Å². The second kappa shape index (κ2) is 6.30. The fourth-order valence-electron chi connectivity index (χ4n) is 2.59. The van der Waals surface area contributed by atoms with Gasteiger partial charge in [-0.3, -0.25) is 0 Å². The molecule has 1 aliphatic rings. The van der Waals surface area contributed by atoms with Gasteiger partial charge in [0, 0.05) is 16.1 Å².